The van der Waals surface area contributed by atoms with Gasteiger partial charge in [-0.2, -0.15) is 0 Å². The van der Waals surface area contributed by atoms with Crippen LogP contribution in [0, 0.1) is 0 Å². The minimum Gasteiger partial charge on any atom is -0.388 e. The standard InChI is InChI=1S/C15H15N3O/c16-15(10-4-2-1-3-5-10)11-6-7-12-13(8-11)18-14(9-19)17-12/h1-8,15,19H,9,16H2,(H,17,18). The largest absolute Gasteiger partial charge is 0.388 e. The van der Waals surface area contributed by atoms with Crippen LogP contribution in [0.3, 0.4) is 0 Å². The van der Waals surface area contributed by atoms with E-state index in [1.165, 1.54) is 0 Å². The van der Waals surface area contributed by atoms with E-state index in [1.54, 1.807) is 0 Å². The SMILES string of the molecule is NC(c1ccccc1)c1ccc2[nH]c(CO)nc2c1. The van der Waals surface area contributed by atoms with Gasteiger partial charge in [0.05, 0.1) is 17.1 Å². The van der Waals surface area contributed by atoms with E-state index in [1.807, 2.05) is 48.5 Å². The van der Waals surface area contributed by atoms with Crippen LogP contribution in [0.15, 0.2) is 48.5 Å². The molecule has 0 fully saturated rings. The van der Waals surface area contributed by atoms with Crippen molar-refractivity contribution >= 4 is 11.0 Å². The third-order valence-corrected chi connectivity index (χ3v) is 3.22. The maximum atomic E-state index is 9.08. The number of hydrogen-bond donors (Lipinski definition) is 3. The molecule has 0 aliphatic heterocycles. The van der Waals surface area contributed by atoms with Crippen molar-refractivity contribution in [1.29, 1.82) is 0 Å². The fourth-order valence-corrected chi connectivity index (χ4v) is 2.20. The zero-order valence-corrected chi connectivity index (χ0v) is 10.4. The van der Waals surface area contributed by atoms with Crippen molar-refractivity contribution in [2.45, 2.75) is 12.6 Å². The van der Waals surface area contributed by atoms with Crippen LogP contribution < -0.4 is 5.73 Å². The van der Waals surface area contributed by atoms with Crippen LogP contribution >= 0.6 is 0 Å². The number of benzene rings is 2. The van der Waals surface area contributed by atoms with E-state index in [2.05, 4.69) is 9.97 Å². The lowest BCUT2D eigenvalue weighted by molar-refractivity contribution is 0.273. The monoisotopic (exact) mass is 253 g/mol. The first-order chi connectivity index (χ1) is 9.28. The van der Waals surface area contributed by atoms with Crippen molar-refractivity contribution in [2.75, 3.05) is 0 Å². The normalized spacial score (nSPS) is 12.7. The molecule has 0 saturated heterocycles. The van der Waals surface area contributed by atoms with Crippen LogP contribution in [0.5, 0.6) is 0 Å². The molecule has 4 nitrogen and oxygen atoms in total. The highest BCUT2D eigenvalue weighted by Gasteiger charge is 2.10. The topological polar surface area (TPSA) is 74.9 Å². The number of aromatic amines is 1. The number of aliphatic hydroxyl groups excluding tert-OH is 1. The van der Waals surface area contributed by atoms with Gasteiger partial charge in [0.2, 0.25) is 0 Å². The number of H-pyrrole nitrogens is 1. The van der Waals surface area contributed by atoms with Gasteiger partial charge in [-0.05, 0) is 23.3 Å². The minimum absolute atomic E-state index is 0.0885. The number of aliphatic hydroxyl groups is 1. The molecule has 0 spiro atoms. The second kappa shape index (κ2) is 4.84. The number of nitrogens with one attached hydrogen (secondary N) is 1. The van der Waals surface area contributed by atoms with Gasteiger partial charge in [-0.3, -0.25) is 0 Å². The minimum atomic E-state index is -0.167. The zero-order valence-electron chi connectivity index (χ0n) is 10.4. The average molecular weight is 253 g/mol. The highest BCUT2D eigenvalue weighted by atomic mass is 16.3. The molecule has 96 valence electrons. The van der Waals surface area contributed by atoms with Crippen LogP contribution in [0.25, 0.3) is 11.0 Å². The summed E-state index contributed by atoms with van der Waals surface area (Å²) < 4.78 is 0. The predicted octanol–water partition coefficient (Wildman–Crippen LogP) is 2.10. The summed E-state index contributed by atoms with van der Waals surface area (Å²) in [4.78, 5) is 7.36. The highest BCUT2D eigenvalue weighted by molar-refractivity contribution is 5.76. The van der Waals surface area contributed by atoms with Gasteiger partial charge in [-0.1, -0.05) is 36.4 Å². The van der Waals surface area contributed by atoms with E-state index in [0.717, 1.165) is 22.2 Å². The molecule has 3 rings (SSSR count). The van der Waals surface area contributed by atoms with E-state index in [9.17, 15) is 0 Å². The van der Waals surface area contributed by atoms with Crippen molar-refractivity contribution < 1.29 is 5.11 Å². The molecule has 4 heteroatoms. The number of fused-ring (bicyclic) bond motifs is 1. The molecule has 2 aromatic carbocycles. The number of imidazole rings is 1. The predicted molar refractivity (Wildman–Crippen MR) is 74.5 cm³/mol. The Morgan fingerprint density at radius 1 is 1.11 bits per heavy atom. The van der Waals surface area contributed by atoms with Gasteiger partial charge in [0.1, 0.15) is 12.4 Å². The average Bonchev–Trinajstić information content (AvgIpc) is 2.89. The van der Waals surface area contributed by atoms with E-state index < -0.39 is 0 Å². The Morgan fingerprint density at radius 2 is 1.89 bits per heavy atom. The Morgan fingerprint density at radius 3 is 2.63 bits per heavy atom. The summed E-state index contributed by atoms with van der Waals surface area (Å²) >= 11 is 0. The number of hydrogen-bond acceptors (Lipinski definition) is 3. The molecule has 1 unspecified atom stereocenters. The van der Waals surface area contributed by atoms with E-state index in [0.29, 0.717) is 5.82 Å². The van der Waals surface area contributed by atoms with E-state index in [-0.39, 0.29) is 12.6 Å². The molecule has 0 aliphatic carbocycles. The van der Waals surface area contributed by atoms with Crippen molar-refractivity contribution in [2.24, 2.45) is 5.73 Å². The van der Waals surface area contributed by atoms with Crippen molar-refractivity contribution in [3.8, 4) is 0 Å². The third kappa shape index (κ3) is 2.23. The number of aromatic nitrogens is 2. The Labute approximate surface area is 110 Å². The van der Waals surface area contributed by atoms with Gasteiger partial charge < -0.3 is 15.8 Å². The summed E-state index contributed by atoms with van der Waals surface area (Å²) in [7, 11) is 0. The first kappa shape index (κ1) is 11.9. The number of nitrogens with zero attached hydrogens (tertiary/aromatic N) is 1. The summed E-state index contributed by atoms with van der Waals surface area (Å²) in [6.07, 6.45) is 0. The Bertz CT molecular complexity index is 691. The summed E-state index contributed by atoms with van der Waals surface area (Å²) in [5.74, 6) is 0.570. The van der Waals surface area contributed by atoms with Crippen LogP contribution in [0.1, 0.15) is 23.0 Å². The summed E-state index contributed by atoms with van der Waals surface area (Å²) in [6.45, 7) is -0.0885. The van der Waals surface area contributed by atoms with Gasteiger partial charge in [0.25, 0.3) is 0 Å². The first-order valence-electron chi connectivity index (χ1n) is 6.18. The maximum absolute atomic E-state index is 9.08. The molecule has 1 aromatic heterocycles. The number of rotatable bonds is 3. The molecule has 0 saturated carbocycles. The fourth-order valence-electron chi connectivity index (χ4n) is 2.20. The summed E-state index contributed by atoms with van der Waals surface area (Å²) in [5.41, 5.74) is 10.1. The van der Waals surface area contributed by atoms with Crippen molar-refractivity contribution in [3.05, 3.63) is 65.5 Å². The summed E-state index contributed by atoms with van der Waals surface area (Å²) in [6, 6.07) is 15.7. The lowest BCUT2D eigenvalue weighted by Crippen LogP contribution is -2.11. The molecule has 19 heavy (non-hydrogen) atoms. The second-order valence-electron chi connectivity index (χ2n) is 4.51. The lowest BCUT2D eigenvalue weighted by atomic mass is 9.99. The van der Waals surface area contributed by atoms with Gasteiger partial charge >= 0.3 is 0 Å². The highest BCUT2D eigenvalue weighted by Crippen LogP contribution is 2.22. The lowest BCUT2D eigenvalue weighted by Gasteiger charge is -2.12. The Hall–Kier alpha value is -2.17. The van der Waals surface area contributed by atoms with Gasteiger partial charge in [-0.15, -0.1) is 0 Å². The quantitative estimate of drug-likeness (QED) is 0.669. The van der Waals surface area contributed by atoms with Crippen molar-refractivity contribution in [1.82, 2.24) is 9.97 Å². The molecule has 4 N–H and O–H groups in total. The third-order valence-electron chi connectivity index (χ3n) is 3.22. The number of nitrogens with two attached hydrogens (primary N) is 1. The van der Waals surface area contributed by atoms with Gasteiger partial charge in [0.15, 0.2) is 0 Å². The van der Waals surface area contributed by atoms with Crippen molar-refractivity contribution in [3.63, 3.8) is 0 Å². The van der Waals surface area contributed by atoms with Crippen LogP contribution in [-0.2, 0) is 6.61 Å². The second-order valence-corrected chi connectivity index (χ2v) is 4.51. The maximum Gasteiger partial charge on any atom is 0.133 e. The first-order valence-corrected chi connectivity index (χ1v) is 6.18. The van der Waals surface area contributed by atoms with Crippen LogP contribution in [-0.4, -0.2) is 15.1 Å². The molecule has 0 bridgehead atoms. The Kier molecular flexibility index (Phi) is 3.03. The fraction of sp³-hybridized carbons (Fsp3) is 0.133. The smallest absolute Gasteiger partial charge is 0.133 e. The van der Waals surface area contributed by atoms with Gasteiger partial charge in [-0.25, -0.2) is 4.98 Å². The molecule has 0 amide bonds. The Balaban J connectivity index is 2.01. The molecular formula is C15H15N3O. The summed E-state index contributed by atoms with van der Waals surface area (Å²) in [5, 5.41) is 9.08. The molecule has 1 atom stereocenters. The van der Waals surface area contributed by atoms with Crippen LogP contribution in [0.4, 0.5) is 0 Å². The molecule has 3 aromatic rings. The molecule has 1 heterocycles. The van der Waals surface area contributed by atoms with Crippen LogP contribution in [0.2, 0.25) is 0 Å². The zero-order chi connectivity index (χ0) is 13.2. The molecule has 0 radical (unpaired) electrons. The van der Waals surface area contributed by atoms with Gasteiger partial charge in [0, 0.05) is 0 Å². The molecular weight excluding hydrogens is 238 g/mol. The molecule has 0 aliphatic rings. The van der Waals surface area contributed by atoms with E-state index >= 15 is 0 Å². The van der Waals surface area contributed by atoms with E-state index in [4.69, 9.17) is 10.8 Å².